The summed E-state index contributed by atoms with van der Waals surface area (Å²) in [6.45, 7) is 3.74. The lowest BCUT2D eigenvalue weighted by molar-refractivity contribution is 0.102. The van der Waals surface area contributed by atoms with Crippen LogP contribution in [0.1, 0.15) is 36.0 Å². The number of oxazole rings is 1. The van der Waals surface area contributed by atoms with Crippen molar-refractivity contribution in [2.75, 3.05) is 5.32 Å². The third-order valence-electron chi connectivity index (χ3n) is 2.53. The van der Waals surface area contributed by atoms with Gasteiger partial charge < -0.3 is 9.73 Å². The molecule has 1 N–H and O–H groups in total. The average Bonchev–Trinajstić information content (AvgIpc) is 2.84. The summed E-state index contributed by atoms with van der Waals surface area (Å²) in [6.07, 6.45) is 1.19. The number of benzene rings is 1. The summed E-state index contributed by atoms with van der Waals surface area (Å²) in [5.74, 6) is -0.738. The average molecular weight is 283 g/mol. The van der Waals surface area contributed by atoms with E-state index in [1.54, 1.807) is 6.07 Å². The summed E-state index contributed by atoms with van der Waals surface area (Å²) >= 11 is 5.64. The maximum absolute atomic E-state index is 13.7. The SMILES string of the molecule is CC(C)c1ocnc1C(=O)Nc1cccc(Cl)c1F. The van der Waals surface area contributed by atoms with Crippen LogP contribution in [-0.4, -0.2) is 10.9 Å². The van der Waals surface area contributed by atoms with Crippen LogP contribution in [0.3, 0.4) is 0 Å². The molecular weight excluding hydrogens is 271 g/mol. The van der Waals surface area contributed by atoms with Gasteiger partial charge in [0.15, 0.2) is 17.9 Å². The van der Waals surface area contributed by atoms with Gasteiger partial charge in [0.1, 0.15) is 5.76 Å². The van der Waals surface area contributed by atoms with E-state index in [1.165, 1.54) is 18.5 Å². The van der Waals surface area contributed by atoms with Crippen LogP contribution in [0.2, 0.25) is 5.02 Å². The number of nitrogens with zero attached hydrogens (tertiary/aromatic N) is 1. The number of aromatic nitrogens is 1. The van der Waals surface area contributed by atoms with Crippen LogP contribution in [0.4, 0.5) is 10.1 Å². The van der Waals surface area contributed by atoms with Crippen LogP contribution in [0, 0.1) is 5.82 Å². The van der Waals surface area contributed by atoms with E-state index < -0.39 is 11.7 Å². The van der Waals surface area contributed by atoms with Crippen molar-refractivity contribution in [1.82, 2.24) is 4.98 Å². The number of nitrogens with one attached hydrogen (secondary N) is 1. The van der Waals surface area contributed by atoms with Crippen molar-refractivity contribution >= 4 is 23.2 Å². The highest BCUT2D eigenvalue weighted by molar-refractivity contribution is 6.31. The van der Waals surface area contributed by atoms with E-state index in [9.17, 15) is 9.18 Å². The number of amides is 1. The molecule has 2 aromatic rings. The van der Waals surface area contributed by atoms with Gasteiger partial charge in [-0.2, -0.15) is 0 Å². The first kappa shape index (κ1) is 13.5. The molecule has 0 saturated heterocycles. The van der Waals surface area contributed by atoms with E-state index in [0.29, 0.717) is 5.76 Å². The maximum atomic E-state index is 13.7. The van der Waals surface area contributed by atoms with E-state index >= 15 is 0 Å². The van der Waals surface area contributed by atoms with E-state index in [2.05, 4.69) is 10.3 Å². The predicted molar refractivity (Wildman–Crippen MR) is 70.0 cm³/mol. The highest BCUT2D eigenvalue weighted by Crippen LogP contribution is 2.24. The topological polar surface area (TPSA) is 55.1 Å². The van der Waals surface area contributed by atoms with Crippen molar-refractivity contribution in [2.45, 2.75) is 19.8 Å². The van der Waals surface area contributed by atoms with E-state index in [4.69, 9.17) is 16.0 Å². The fourth-order valence-electron chi connectivity index (χ4n) is 1.62. The molecule has 0 fully saturated rings. The summed E-state index contributed by atoms with van der Waals surface area (Å²) in [4.78, 5) is 15.9. The third-order valence-corrected chi connectivity index (χ3v) is 2.83. The summed E-state index contributed by atoms with van der Waals surface area (Å²) in [5, 5.41) is 2.37. The molecule has 1 amide bonds. The normalized spacial score (nSPS) is 10.8. The molecule has 0 spiro atoms. The Morgan fingerprint density at radius 2 is 2.21 bits per heavy atom. The first-order chi connectivity index (χ1) is 9.00. The van der Waals surface area contributed by atoms with E-state index in [1.807, 2.05) is 13.8 Å². The van der Waals surface area contributed by atoms with Crippen LogP contribution in [0.25, 0.3) is 0 Å². The van der Waals surface area contributed by atoms with Gasteiger partial charge in [0.2, 0.25) is 0 Å². The molecule has 0 aliphatic rings. The smallest absolute Gasteiger partial charge is 0.278 e. The second kappa shape index (κ2) is 5.40. The molecule has 6 heteroatoms. The third kappa shape index (κ3) is 2.76. The predicted octanol–water partition coefficient (Wildman–Crippen LogP) is 3.84. The summed E-state index contributed by atoms with van der Waals surface area (Å²) in [5.41, 5.74) is 0.157. The van der Waals surface area contributed by atoms with Gasteiger partial charge in [-0.15, -0.1) is 0 Å². The molecule has 0 saturated carbocycles. The molecule has 0 atom stereocenters. The van der Waals surface area contributed by atoms with Crippen molar-refractivity contribution in [2.24, 2.45) is 0 Å². The Labute approximate surface area is 114 Å². The van der Waals surface area contributed by atoms with Crippen molar-refractivity contribution in [3.8, 4) is 0 Å². The van der Waals surface area contributed by atoms with Gasteiger partial charge in [0.05, 0.1) is 10.7 Å². The Balaban J connectivity index is 2.26. The van der Waals surface area contributed by atoms with Gasteiger partial charge in [-0.3, -0.25) is 4.79 Å². The van der Waals surface area contributed by atoms with Gasteiger partial charge in [-0.25, -0.2) is 9.37 Å². The highest BCUT2D eigenvalue weighted by Gasteiger charge is 2.20. The lowest BCUT2D eigenvalue weighted by Gasteiger charge is -2.07. The Morgan fingerprint density at radius 1 is 1.47 bits per heavy atom. The van der Waals surface area contributed by atoms with Crippen molar-refractivity contribution < 1.29 is 13.6 Å². The van der Waals surface area contributed by atoms with Crippen molar-refractivity contribution in [3.63, 3.8) is 0 Å². The highest BCUT2D eigenvalue weighted by atomic mass is 35.5. The Kier molecular flexibility index (Phi) is 3.85. The molecule has 1 heterocycles. The van der Waals surface area contributed by atoms with Gasteiger partial charge >= 0.3 is 0 Å². The Morgan fingerprint density at radius 3 is 2.89 bits per heavy atom. The molecule has 0 aliphatic heterocycles. The molecule has 4 nitrogen and oxygen atoms in total. The summed E-state index contributed by atoms with van der Waals surface area (Å²) < 4.78 is 18.8. The minimum atomic E-state index is -0.674. The second-order valence-electron chi connectivity index (χ2n) is 4.28. The molecule has 19 heavy (non-hydrogen) atoms. The number of carbonyl (C=O) groups excluding carboxylic acids is 1. The Bertz CT molecular complexity index is 610. The molecule has 0 bridgehead atoms. The number of carbonyl (C=O) groups is 1. The largest absolute Gasteiger partial charge is 0.447 e. The second-order valence-corrected chi connectivity index (χ2v) is 4.68. The fraction of sp³-hybridized carbons (Fsp3) is 0.231. The molecule has 2 rings (SSSR count). The standard InChI is InChI=1S/C13H12ClFN2O2/c1-7(2)12-11(16-6-19-12)13(18)17-9-5-3-4-8(14)10(9)15/h3-7H,1-2H3,(H,17,18). The monoisotopic (exact) mass is 282 g/mol. The van der Waals surface area contributed by atoms with E-state index in [0.717, 1.165) is 0 Å². The van der Waals surface area contributed by atoms with Gasteiger partial charge in [-0.1, -0.05) is 31.5 Å². The number of hydrogen-bond acceptors (Lipinski definition) is 3. The fourth-order valence-corrected chi connectivity index (χ4v) is 1.79. The quantitative estimate of drug-likeness (QED) is 0.930. The first-order valence-corrected chi connectivity index (χ1v) is 6.07. The first-order valence-electron chi connectivity index (χ1n) is 5.69. The number of hydrogen-bond donors (Lipinski definition) is 1. The van der Waals surface area contributed by atoms with E-state index in [-0.39, 0.29) is 22.3 Å². The minimum absolute atomic E-state index is 0.00691. The minimum Gasteiger partial charge on any atom is -0.447 e. The molecule has 1 aromatic heterocycles. The molecule has 0 radical (unpaired) electrons. The van der Waals surface area contributed by atoms with Crippen LogP contribution in [0.15, 0.2) is 29.0 Å². The molecule has 0 aliphatic carbocycles. The van der Waals surface area contributed by atoms with Crippen LogP contribution < -0.4 is 5.32 Å². The van der Waals surface area contributed by atoms with Crippen LogP contribution in [0.5, 0.6) is 0 Å². The lowest BCUT2D eigenvalue weighted by atomic mass is 10.1. The number of halogens is 2. The van der Waals surface area contributed by atoms with Crippen LogP contribution in [-0.2, 0) is 0 Å². The molecule has 0 unspecified atom stereocenters. The zero-order valence-electron chi connectivity index (χ0n) is 10.4. The molecule has 1 aromatic carbocycles. The maximum Gasteiger partial charge on any atom is 0.278 e. The van der Waals surface area contributed by atoms with Crippen molar-refractivity contribution in [3.05, 3.63) is 46.9 Å². The summed E-state index contributed by atoms with van der Waals surface area (Å²) in [6, 6.07) is 4.38. The summed E-state index contributed by atoms with van der Waals surface area (Å²) in [7, 11) is 0. The molecule has 100 valence electrons. The van der Waals surface area contributed by atoms with Gasteiger partial charge in [0.25, 0.3) is 5.91 Å². The van der Waals surface area contributed by atoms with Crippen LogP contribution >= 0.6 is 11.6 Å². The zero-order chi connectivity index (χ0) is 14.0. The lowest BCUT2D eigenvalue weighted by Crippen LogP contribution is -2.15. The number of anilines is 1. The number of rotatable bonds is 3. The Hall–Kier alpha value is -1.88. The van der Waals surface area contributed by atoms with Gasteiger partial charge in [0, 0.05) is 5.92 Å². The molecular formula is C13H12ClFN2O2. The zero-order valence-corrected chi connectivity index (χ0v) is 11.2. The van der Waals surface area contributed by atoms with Gasteiger partial charge in [-0.05, 0) is 12.1 Å². The van der Waals surface area contributed by atoms with Crippen molar-refractivity contribution in [1.29, 1.82) is 0 Å².